The molecule has 35 heteroatoms. The Kier molecular flexibility index (Phi) is 28.0. The molecular weight excluding hydrogens is 1550 g/mol. The standard InChI is InChI=1S/C84H103N17O17S/c1-48(85-9)73(104)91-71(83(3,4)5)80(111)98-44-60-40-68(98)78(109)88-64(38-52-21-27-54-16-11-13-18-56(54)34-52)75(106)87-66(77(108)95-119(115,116)33-15-20-70(102)103)36-50-23-29-62(30-24-50)117-46-58-42-101(96-93-58)61-41-69(99(45-61)81(112)72(84(6,7)8)92-74(105)49(2)86-10)79(110)89-65(39-53-22-28-55-17-12-14-19-57(55)35-53)76(107)90-67(82(113)114)37-51-25-31-63(32-26-51)118-47-59-43-100(60)97-94-59/h11-14,16-19,21-32,34-35,42-43,48-49,60-61,64-69,71-72,85-86H,15,20,33,36-41,44-47H2,1-10H3,(H,87,106)(H,88,109)(H,89,110)(H,90,107)(H,91,104)(H,92,105)(H,95,108)(H,102,103)(H,113,114)/t48-,49-,60-,61-,64-,65-,66-,67-,68-,69-,71+,72+/m0/s1. The van der Waals surface area contributed by atoms with E-state index < -0.39 is 171 Å². The number of hydrogen-bond acceptors (Lipinski definition) is 21. The number of benzene rings is 6. The summed E-state index contributed by atoms with van der Waals surface area (Å²) in [5, 5.41) is 63.9. The Hall–Kier alpha value is -12.2. The zero-order valence-corrected chi connectivity index (χ0v) is 68.8. The molecule has 0 spiro atoms. The second-order valence-corrected chi connectivity index (χ2v) is 34.6. The van der Waals surface area contributed by atoms with E-state index in [2.05, 4.69) is 63.2 Å². The monoisotopic (exact) mass is 1650 g/mol. The van der Waals surface area contributed by atoms with E-state index in [9.17, 15) is 47.4 Å². The summed E-state index contributed by atoms with van der Waals surface area (Å²) in [6, 6.07) is 24.2. The van der Waals surface area contributed by atoms with E-state index in [1.807, 2.05) is 77.5 Å². The molecule has 0 aliphatic carbocycles. The van der Waals surface area contributed by atoms with Crippen LogP contribution in [0.2, 0.25) is 0 Å². The van der Waals surface area contributed by atoms with Gasteiger partial charge in [0, 0.05) is 58.0 Å². The molecule has 0 unspecified atom stereocenters. The Balaban J connectivity index is 0.954. The highest BCUT2D eigenvalue weighted by atomic mass is 32.2. The van der Waals surface area contributed by atoms with E-state index in [-0.39, 0.29) is 82.7 Å². The number of likely N-dealkylation sites (tertiary alicyclic amines) is 2. The van der Waals surface area contributed by atoms with Crippen molar-refractivity contribution in [2.24, 2.45) is 10.8 Å². The fourth-order valence-corrected chi connectivity index (χ4v) is 15.6. The van der Waals surface area contributed by atoms with E-state index in [1.54, 1.807) is 143 Å². The first-order valence-electron chi connectivity index (χ1n) is 39.5. The molecule has 12 atom stereocenters. The molecule has 6 aliphatic rings. The maximum Gasteiger partial charge on any atom is 0.326 e. The van der Waals surface area contributed by atoms with Gasteiger partial charge in [0.25, 0.3) is 5.91 Å². The number of aliphatic carboxylic acids is 2. The van der Waals surface area contributed by atoms with Crippen molar-refractivity contribution in [2.75, 3.05) is 32.9 Å². The molecule has 14 rings (SSSR count). The van der Waals surface area contributed by atoms with Gasteiger partial charge in [-0.1, -0.05) is 161 Å². The molecule has 8 aromatic rings. The van der Waals surface area contributed by atoms with Crippen LogP contribution in [0.15, 0.2) is 146 Å². The second kappa shape index (κ2) is 38.0. The fourth-order valence-electron chi connectivity index (χ4n) is 14.6. The van der Waals surface area contributed by atoms with Crippen molar-refractivity contribution in [3.63, 3.8) is 0 Å². The molecule has 8 heterocycles. The summed E-state index contributed by atoms with van der Waals surface area (Å²) in [5.41, 5.74) is 0.701. The number of amides is 9. The van der Waals surface area contributed by atoms with E-state index in [4.69, 9.17) is 9.47 Å². The third kappa shape index (κ3) is 22.7. The van der Waals surface area contributed by atoms with Gasteiger partial charge in [-0.3, -0.25) is 52.7 Å². The predicted octanol–water partition coefficient (Wildman–Crippen LogP) is 3.51. The van der Waals surface area contributed by atoms with Crippen LogP contribution in [0.3, 0.4) is 0 Å². The lowest BCUT2D eigenvalue weighted by atomic mass is 9.85. The number of aromatic nitrogens is 6. The highest BCUT2D eigenvalue weighted by Crippen LogP contribution is 2.35. The number of nitrogens with zero attached hydrogens (tertiary/aromatic N) is 8. The minimum atomic E-state index is -4.54. The molecule has 0 radical (unpaired) electrons. The van der Waals surface area contributed by atoms with Crippen molar-refractivity contribution >= 4 is 96.7 Å². The van der Waals surface area contributed by atoms with E-state index >= 15 is 24.0 Å². The fraction of sp³-hybridized carbons (Fsp3) is 0.440. The predicted molar refractivity (Wildman–Crippen MR) is 437 cm³/mol. The summed E-state index contributed by atoms with van der Waals surface area (Å²) in [6.07, 6.45) is 1.10. The molecule has 6 aliphatic heterocycles. The molecule has 2 saturated heterocycles. The number of ether oxygens (including phenoxy) is 2. The van der Waals surface area contributed by atoms with Crippen LogP contribution in [0.25, 0.3) is 21.5 Å². The van der Waals surface area contributed by atoms with Gasteiger partial charge in [0.2, 0.25) is 57.3 Å². The van der Waals surface area contributed by atoms with Crippen LogP contribution in [-0.4, -0.2) is 217 Å². The van der Waals surface area contributed by atoms with Gasteiger partial charge in [0.15, 0.2) is 0 Å². The molecular formula is C84H103N17O17S. The minimum Gasteiger partial charge on any atom is -0.487 e. The number of likely N-dealkylation sites (N-methyl/N-ethyl adjacent to an activating group) is 2. The average molecular weight is 1650 g/mol. The van der Waals surface area contributed by atoms with E-state index in [0.29, 0.717) is 33.7 Å². The highest BCUT2D eigenvalue weighted by Gasteiger charge is 2.49. The van der Waals surface area contributed by atoms with Crippen molar-refractivity contribution in [3.8, 4) is 11.5 Å². The molecule has 9 amide bonds. The van der Waals surface area contributed by atoms with E-state index in [0.717, 1.165) is 21.5 Å². The largest absolute Gasteiger partial charge is 0.487 e. The zero-order chi connectivity index (χ0) is 85.8. The first-order valence-corrected chi connectivity index (χ1v) is 41.1. The van der Waals surface area contributed by atoms with Crippen molar-refractivity contribution in [3.05, 3.63) is 179 Å². The molecule has 119 heavy (non-hydrogen) atoms. The zero-order valence-electron chi connectivity index (χ0n) is 68.0. The SMILES string of the molecule is CN[C@@H](C)C(=O)N[C@H](C(=O)N1C[C@@H]2C[C@H]1C(=O)N[C@@H](Cc1ccc3ccccc3c1)C(=O)N[C@H](C(=O)O)Cc1ccc(cc1)OCc1cn(nn1)[C@H]1C[C@@H](C(=O)N[C@@H](Cc3ccc4ccccc4c3)C(=O)N[C@H](C(=O)NS(=O)(=O)CCCC(=O)O)Cc3ccc(cc3)OCc3cn2nn3)N(C(=O)[C@@H](NC(=O)[C@H](C)NC)C(C)(C)C)C1)C(C)(C)C. The summed E-state index contributed by atoms with van der Waals surface area (Å²) in [5.74, 6) is -9.68. The van der Waals surface area contributed by atoms with Crippen molar-refractivity contribution in [1.82, 2.24) is 87.0 Å². The first-order chi connectivity index (χ1) is 56.5. The number of carboxylic acid groups (broad SMARTS) is 2. The lowest BCUT2D eigenvalue weighted by molar-refractivity contribution is -0.145. The molecule has 2 aromatic heterocycles. The van der Waals surface area contributed by atoms with Gasteiger partial charge in [0.05, 0.1) is 42.3 Å². The number of carbonyl (C=O) groups is 11. The number of hydrogen-bond donors (Lipinski definition) is 11. The molecule has 11 N–H and O–H groups in total. The first kappa shape index (κ1) is 87.6. The summed E-state index contributed by atoms with van der Waals surface area (Å²) >= 11 is 0. The Morgan fingerprint density at radius 2 is 0.941 bits per heavy atom. The number of carboxylic acids is 2. The van der Waals surface area contributed by atoms with Crippen LogP contribution in [0, 0.1) is 10.8 Å². The van der Waals surface area contributed by atoms with Crippen molar-refractivity contribution in [2.45, 2.75) is 192 Å². The number of carbonyl (C=O) groups excluding carboxylic acids is 9. The maximum atomic E-state index is 15.5. The van der Waals surface area contributed by atoms with E-state index in [1.165, 1.54) is 19.2 Å². The Labute approximate surface area is 688 Å². The van der Waals surface area contributed by atoms with Gasteiger partial charge >= 0.3 is 11.9 Å². The van der Waals surface area contributed by atoms with Gasteiger partial charge in [-0.2, -0.15) is 0 Å². The summed E-state index contributed by atoms with van der Waals surface area (Å²) in [7, 11) is -1.36. The van der Waals surface area contributed by atoms with Gasteiger partial charge in [-0.05, 0) is 113 Å². The summed E-state index contributed by atoms with van der Waals surface area (Å²) in [6.45, 7) is 13.1. The van der Waals surface area contributed by atoms with Gasteiger partial charge in [-0.15, -0.1) is 10.2 Å². The van der Waals surface area contributed by atoms with Crippen LogP contribution in [0.5, 0.6) is 11.5 Å². The molecule has 2 fully saturated rings. The minimum absolute atomic E-state index is 0.0848. The smallest absolute Gasteiger partial charge is 0.326 e. The lowest BCUT2D eigenvalue weighted by Crippen LogP contribution is -2.61. The van der Waals surface area contributed by atoms with Crippen LogP contribution < -0.4 is 56.7 Å². The van der Waals surface area contributed by atoms with Crippen LogP contribution in [0.4, 0.5) is 0 Å². The maximum absolute atomic E-state index is 15.5. The average Bonchev–Trinajstić information content (AvgIpc) is 1.74. The number of sulfonamides is 1. The Bertz CT molecular complexity index is 5180. The normalized spacial score (nSPS) is 21.0. The number of rotatable bonds is 19. The quantitative estimate of drug-likeness (QED) is 0.0551. The lowest BCUT2D eigenvalue weighted by Gasteiger charge is -2.36. The summed E-state index contributed by atoms with van der Waals surface area (Å²) in [4.78, 5) is 161. The molecule has 12 bridgehead atoms. The number of nitrogens with one attached hydrogen (secondary N) is 9. The van der Waals surface area contributed by atoms with Crippen molar-refractivity contribution < 1.29 is 80.8 Å². The van der Waals surface area contributed by atoms with Crippen molar-refractivity contribution in [1.29, 1.82) is 0 Å². The number of fused-ring (bicyclic) bond motifs is 2. The molecule has 34 nitrogen and oxygen atoms in total. The van der Waals surface area contributed by atoms with Gasteiger partial charge < -0.3 is 72.0 Å². The third-order valence-electron chi connectivity index (χ3n) is 21.6. The Morgan fingerprint density at radius 1 is 0.538 bits per heavy atom. The summed E-state index contributed by atoms with van der Waals surface area (Å²) < 4.78 is 44.5. The van der Waals surface area contributed by atoms with Crippen LogP contribution in [-0.2, 0) is 102 Å². The highest BCUT2D eigenvalue weighted by molar-refractivity contribution is 7.90. The second-order valence-electron chi connectivity index (χ2n) is 32.7. The van der Waals surface area contributed by atoms with Crippen LogP contribution >= 0.6 is 0 Å². The molecule has 6 aromatic carbocycles. The van der Waals surface area contributed by atoms with Gasteiger partial charge in [-0.25, -0.2) is 22.6 Å². The Morgan fingerprint density at radius 3 is 1.34 bits per heavy atom. The van der Waals surface area contributed by atoms with Gasteiger partial charge in [0.1, 0.15) is 84.4 Å². The third-order valence-corrected chi connectivity index (χ3v) is 23.0. The molecule has 0 saturated carbocycles. The molecule has 632 valence electrons. The van der Waals surface area contributed by atoms with Crippen LogP contribution in [0.1, 0.15) is 127 Å². The topological polar surface area (TPSA) is 457 Å².